The Morgan fingerprint density at radius 2 is 1.58 bits per heavy atom. The molecule has 0 unspecified atom stereocenters. The van der Waals surface area contributed by atoms with Gasteiger partial charge >= 0.3 is 0 Å². The van der Waals surface area contributed by atoms with Crippen molar-refractivity contribution in [1.82, 2.24) is 0 Å². The van der Waals surface area contributed by atoms with E-state index < -0.39 is 0 Å². The summed E-state index contributed by atoms with van der Waals surface area (Å²) in [6.45, 7) is 0. The molecule has 3 aromatic rings. The molecule has 0 atom stereocenters. The maximum Gasteiger partial charge on any atom is 0.198 e. The van der Waals surface area contributed by atoms with Crippen molar-refractivity contribution in [2.24, 2.45) is 0 Å². The highest BCUT2D eigenvalue weighted by molar-refractivity contribution is 9.10. The van der Waals surface area contributed by atoms with Gasteiger partial charge in [0, 0.05) is 15.1 Å². The summed E-state index contributed by atoms with van der Waals surface area (Å²) in [6, 6.07) is 19.2. The first kappa shape index (κ1) is 17.0. The minimum absolute atomic E-state index is 0.241. The van der Waals surface area contributed by atoms with Crippen molar-refractivity contribution in [3.8, 4) is 11.5 Å². The van der Waals surface area contributed by atoms with Gasteiger partial charge in [-0.1, -0.05) is 51.3 Å². The predicted molar refractivity (Wildman–Crippen MR) is 101 cm³/mol. The molecule has 0 bridgehead atoms. The number of benzene rings is 3. The molecule has 0 N–H and O–H groups in total. The normalized spacial score (nSPS) is 10.5. The van der Waals surface area contributed by atoms with E-state index in [9.17, 15) is 4.79 Å². The Hall–Kier alpha value is -1.81. The summed E-state index contributed by atoms with van der Waals surface area (Å²) >= 11 is 15.5. The zero-order chi connectivity index (χ0) is 17.1. The number of hydrogen-bond acceptors (Lipinski definition) is 2. The van der Waals surface area contributed by atoms with Gasteiger partial charge in [-0.2, -0.15) is 0 Å². The molecule has 3 aromatic carbocycles. The van der Waals surface area contributed by atoms with Crippen molar-refractivity contribution >= 4 is 44.9 Å². The van der Waals surface area contributed by atoms with Gasteiger partial charge in [0.2, 0.25) is 0 Å². The lowest BCUT2D eigenvalue weighted by molar-refractivity contribution is 0.103. The van der Waals surface area contributed by atoms with E-state index in [2.05, 4.69) is 15.9 Å². The first-order valence-corrected chi connectivity index (χ1v) is 8.61. The van der Waals surface area contributed by atoms with E-state index in [1.807, 2.05) is 30.3 Å². The lowest BCUT2D eigenvalue weighted by Crippen LogP contribution is -2.04. The fourth-order valence-electron chi connectivity index (χ4n) is 2.19. The molecule has 0 aliphatic rings. The summed E-state index contributed by atoms with van der Waals surface area (Å²) in [5, 5.41) is 0.803. The van der Waals surface area contributed by atoms with Crippen LogP contribution in [-0.4, -0.2) is 5.78 Å². The van der Waals surface area contributed by atoms with Crippen molar-refractivity contribution in [2.45, 2.75) is 0 Å². The molecule has 0 saturated carbocycles. The zero-order valence-corrected chi connectivity index (χ0v) is 15.4. The van der Waals surface area contributed by atoms with E-state index in [0.29, 0.717) is 32.7 Å². The quantitative estimate of drug-likeness (QED) is 0.434. The van der Waals surface area contributed by atoms with Crippen molar-refractivity contribution in [3.63, 3.8) is 0 Å². The lowest BCUT2D eigenvalue weighted by Gasteiger charge is -2.11. The van der Waals surface area contributed by atoms with Crippen molar-refractivity contribution in [1.29, 1.82) is 0 Å². The summed E-state index contributed by atoms with van der Waals surface area (Å²) in [4.78, 5) is 12.9. The van der Waals surface area contributed by atoms with Crippen LogP contribution in [0.25, 0.3) is 0 Å². The number of carbonyl (C=O) groups is 1. The average molecular weight is 422 g/mol. The third kappa shape index (κ3) is 3.81. The second-order valence-corrected chi connectivity index (χ2v) is 6.76. The van der Waals surface area contributed by atoms with Gasteiger partial charge < -0.3 is 4.74 Å². The topological polar surface area (TPSA) is 26.3 Å². The summed E-state index contributed by atoms with van der Waals surface area (Å²) in [5.41, 5.74) is 0.764. The van der Waals surface area contributed by atoms with Gasteiger partial charge in [0.25, 0.3) is 0 Å². The molecule has 0 amide bonds. The number of hydrogen-bond donors (Lipinski definition) is 0. The van der Waals surface area contributed by atoms with Crippen LogP contribution in [0, 0.1) is 0 Å². The number of rotatable bonds is 4. The molecule has 5 heteroatoms. The Bertz CT molecular complexity index is 892. The Kier molecular flexibility index (Phi) is 5.24. The molecule has 24 heavy (non-hydrogen) atoms. The van der Waals surface area contributed by atoms with E-state index in [-0.39, 0.29) is 5.78 Å². The highest BCUT2D eigenvalue weighted by atomic mass is 79.9. The maximum atomic E-state index is 12.9. The molecule has 0 aliphatic carbocycles. The molecule has 120 valence electrons. The van der Waals surface area contributed by atoms with Crippen LogP contribution >= 0.6 is 39.1 Å². The molecule has 3 rings (SSSR count). The summed E-state index contributed by atoms with van der Waals surface area (Å²) in [5.74, 6) is 0.853. The van der Waals surface area contributed by atoms with Crippen LogP contribution in [0.15, 0.2) is 71.2 Å². The molecular formula is C19H11BrCl2O2. The van der Waals surface area contributed by atoms with E-state index in [0.717, 1.165) is 4.47 Å². The first-order valence-electron chi connectivity index (χ1n) is 7.07. The maximum absolute atomic E-state index is 12.9. The molecule has 0 saturated heterocycles. The summed E-state index contributed by atoms with van der Waals surface area (Å²) < 4.78 is 6.81. The SMILES string of the molecule is O=C(c1cc(Cl)ccc1Cl)c1ccccc1Oc1ccc(Br)cc1. The van der Waals surface area contributed by atoms with Crippen molar-refractivity contribution < 1.29 is 9.53 Å². The second-order valence-electron chi connectivity index (χ2n) is 5.01. The van der Waals surface area contributed by atoms with Gasteiger partial charge in [0.15, 0.2) is 5.78 Å². The highest BCUT2D eigenvalue weighted by Gasteiger charge is 2.18. The number of para-hydroxylation sites is 1. The van der Waals surface area contributed by atoms with E-state index >= 15 is 0 Å². The monoisotopic (exact) mass is 420 g/mol. The van der Waals surface area contributed by atoms with Crippen LogP contribution in [0.4, 0.5) is 0 Å². The van der Waals surface area contributed by atoms with Crippen LogP contribution < -0.4 is 4.74 Å². The Morgan fingerprint density at radius 1 is 0.875 bits per heavy atom. The van der Waals surface area contributed by atoms with Crippen LogP contribution in [0.2, 0.25) is 10.0 Å². The smallest absolute Gasteiger partial charge is 0.198 e. The van der Waals surface area contributed by atoms with Gasteiger partial charge in [-0.05, 0) is 54.6 Å². The molecule has 0 fully saturated rings. The van der Waals surface area contributed by atoms with Crippen molar-refractivity contribution in [3.05, 3.63) is 92.4 Å². The fourth-order valence-corrected chi connectivity index (χ4v) is 2.83. The van der Waals surface area contributed by atoms with E-state index in [4.69, 9.17) is 27.9 Å². The largest absolute Gasteiger partial charge is 0.457 e. The lowest BCUT2D eigenvalue weighted by atomic mass is 10.0. The van der Waals surface area contributed by atoms with Gasteiger partial charge in [-0.3, -0.25) is 4.79 Å². The molecule has 2 nitrogen and oxygen atoms in total. The standard InChI is InChI=1S/C19H11BrCl2O2/c20-12-5-8-14(9-6-12)24-18-4-2-1-3-15(18)19(23)16-11-13(21)7-10-17(16)22/h1-11H. The molecule has 0 spiro atoms. The number of ketones is 1. The predicted octanol–water partition coefficient (Wildman–Crippen LogP) is 6.78. The Morgan fingerprint density at radius 3 is 2.33 bits per heavy atom. The van der Waals surface area contributed by atoms with Gasteiger partial charge in [-0.15, -0.1) is 0 Å². The molecule has 0 heterocycles. The van der Waals surface area contributed by atoms with Crippen LogP contribution in [0.3, 0.4) is 0 Å². The van der Waals surface area contributed by atoms with Gasteiger partial charge in [0.1, 0.15) is 11.5 Å². The molecule has 0 aromatic heterocycles. The van der Waals surface area contributed by atoms with Crippen LogP contribution in [-0.2, 0) is 0 Å². The zero-order valence-electron chi connectivity index (χ0n) is 12.3. The van der Waals surface area contributed by atoms with Gasteiger partial charge in [0.05, 0.1) is 10.6 Å². The van der Waals surface area contributed by atoms with E-state index in [1.165, 1.54) is 0 Å². The molecule has 0 aliphatic heterocycles. The van der Waals surface area contributed by atoms with Crippen LogP contribution in [0.1, 0.15) is 15.9 Å². The Balaban J connectivity index is 1.98. The van der Waals surface area contributed by atoms with Crippen molar-refractivity contribution in [2.75, 3.05) is 0 Å². The highest BCUT2D eigenvalue weighted by Crippen LogP contribution is 2.30. The van der Waals surface area contributed by atoms with Gasteiger partial charge in [-0.25, -0.2) is 0 Å². The number of ether oxygens (including phenoxy) is 1. The summed E-state index contributed by atoms with van der Waals surface area (Å²) in [6.07, 6.45) is 0. The summed E-state index contributed by atoms with van der Waals surface area (Å²) in [7, 11) is 0. The van der Waals surface area contributed by atoms with E-state index in [1.54, 1.807) is 36.4 Å². The minimum atomic E-state index is -0.241. The average Bonchev–Trinajstić information content (AvgIpc) is 2.59. The third-order valence-electron chi connectivity index (χ3n) is 3.35. The number of halogens is 3. The molecular weight excluding hydrogens is 411 g/mol. The number of carbonyl (C=O) groups excluding carboxylic acids is 1. The molecule has 0 radical (unpaired) electrons. The van der Waals surface area contributed by atoms with Crippen LogP contribution in [0.5, 0.6) is 11.5 Å². The minimum Gasteiger partial charge on any atom is -0.457 e. The third-order valence-corrected chi connectivity index (χ3v) is 4.44. The Labute approximate surface area is 158 Å². The second kappa shape index (κ2) is 7.39. The fraction of sp³-hybridized carbons (Fsp3) is 0. The first-order chi connectivity index (χ1) is 11.5.